The van der Waals surface area contributed by atoms with Gasteiger partial charge in [-0.25, -0.2) is 0 Å². The van der Waals surface area contributed by atoms with Gasteiger partial charge in [0, 0.05) is 6.61 Å². The molecule has 4 nitrogen and oxygen atoms in total. The summed E-state index contributed by atoms with van der Waals surface area (Å²) in [4.78, 5) is 11.4. The molecular weight excluding hydrogens is 238 g/mol. The van der Waals surface area contributed by atoms with E-state index in [-0.39, 0.29) is 11.5 Å². The Morgan fingerprint density at radius 2 is 2.54 bits per heavy atom. The van der Waals surface area contributed by atoms with Crippen molar-refractivity contribution >= 4 is 21.7 Å². The fourth-order valence-electron chi connectivity index (χ4n) is 0.854. The lowest BCUT2D eigenvalue weighted by Gasteiger charge is -2.07. The summed E-state index contributed by atoms with van der Waals surface area (Å²) < 4.78 is 10.5. The van der Waals surface area contributed by atoms with Gasteiger partial charge in [-0.1, -0.05) is 0 Å². The van der Waals surface area contributed by atoms with Gasteiger partial charge in [0.05, 0.1) is 10.7 Å². The highest BCUT2D eigenvalue weighted by Crippen LogP contribution is 2.18. The van der Waals surface area contributed by atoms with Gasteiger partial charge in [-0.2, -0.15) is 0 Å². The lowest BCUT2D eigenvalue weighted by Crippen LogP contribution is -2.33. The molecular formula is C8H10BrNO3. The molecule has 72 valence electrons. The van der Waals surface area contributed by atoms with Crippen LogP contribution in [-0.2, 0) is 4.74 Å². The zero-order chi connectivity index (χ0) is 9.84. The number of Topliss-reactive ketones (excluding diaryl/α,β-unsaturated/α-hetero) is 1. The Balaban J connectivity index is 2.73. The lowest BCUT2D eigenvalue weighted by atomic mass is 10.3. The minimum Gasteiger partial charge on any atom is -0.460 e. The molecule has 1 rings (SSSR count). The summed E-state index contributed by atoms with van der Waals surface area (Å²) in [5, 5.41) is 0. The molecule has 1 heterocycles. The van der Waals surface area contributed by atoms with Crippen molar-refractivity contribution in [3.8, 4) is 0 Å². The maximum atomic E-state index is 11.4. The molecule has 0 amide bonds. The van der Waals surface area contributed by atoms with E-state index in [1.807, 2.05) is 0 Å². The number of hydrogen-bond donors (Lipinski definition) is 1. The molecule has 0 aliphatic heterocycles. The average Bonchev–Trinajstić information content (AvgIpc) is 2.50. The van der Waals surface area contributed by atoms with E-state index in [0.29, 0.717) is 11.1 Å². The highest BCUT2D eigenvalue weighted by atomic mass is 79.9. The number of rotatable bonds is 4. The van der Waals surface area contributed by atoms with Crippen LogP contribution in [0.5, 0.6) is 0 Å². The van der Waals surface area contributed by atoms with Gasteiger partial charge in [0.1, 0.15) is 0 Å². The van der Waals surface area contributed by atoms with Crippen LogP contribution in [0.4, 0.5) is 0 Å². The van der Waals surface area contributed by atoms with E-state index in [1.54, 1.807) is 13.0 Å². The second kappa shape index (κ2) is 4.55. The largest absolute Gasteiger partial charge is 0.460 e. The molecule has 0 aromatic carbocycles. The molecule has 0 saturated carbocycles. The van der Waals surface area contributed by atoms with Gasteiger partial charge in [0.15, 0.2) is 12.0 Å². The molecule has 5 heteroatoms. The Morgan fingerprint density at radius 1 is 1.85 bits per heavy atom. The number of ether oxygens (including phenoxy) is 1. The van der Waals surface area contributed by atoms with Gasteiger partial charge in [-0.05, 0) is 28.9 Å². The quantitative estimate of drug-likeness (QED) is 0.648. The van der Waals surface area contributed by atoms with E-state index in [4.69, 9.17) is 14.9 Å². The molecule has 0 spiro atoms. The van der Waals surface area contributed by atoms with Crippen molar-refractivity contribution in [2.75, 3.05) is 6.61 Å². The van der Waals surface area contributed by atoms with E-state index in [9.17, 15) is 4.79 Å². The van der Waals surface area contributed by atoms with Gasteiger partial charge < -0.3 is 9.15 Å². The minimum absolute atomic E-state index is 0.195. The third kappa shape index (κ3) is 2.40. The standard InChI is InChI=1S/C8H10BrNO3/c1-2-12-8(10)6(11)7-5(9)3-4-13-7/h3-4,8H,2,10H2,1H3. The predicted molar refractivity (Wildman–Crippen MR) is 50.3 cm³/mol. The van der Waals surface area contributed by atoms with E-state index in [0.717, 1.165) is 0 Å². The maximum Gasteiger partial charge on any atom is 0.242 e. The fraction of sp³-hybridized carbons (Fsp3) is 0.375. The van der Waals surface area contributed by atoms with Crippen LogP contribution in [0, 0.1) is 0 Å². The minimum atomic E-state index is -0.951. The Hall–Kier alpha value is -0.650. The fourth-order valence-corrected chi connectivity index (χ4v) is 1.25. The number of halogens is 1. The molecule has 0 bridgehead atoms. The molecule has 0 aliphatic carbocycles. The topological polar surface area (TPSA) is 65.5 Å². The van der Waals surface area contributed by atoms with Crippen LogP contribution in [0.3, 0.4) is 0 Å². The van der Waals surface area contributed by atoms with Crippen LogP contribution in [0.15, 0.2) is 21.2 Å². The summed E-state index contributed by atoms with van der Waals surface area (Å²) in [7, 11) is 0. The highest BCUT2D eigenvalue weighted by molar-refractivity contribution is 9.10. The zero-order valence-corrected chi connectivity index (χ0v) is 8.71. The summed E-state index contributed by atoms with van der Waals surface area (Å²) in [5.41, 5.74) is 5.44. The second-order valence-electron chi connectivity index (χ2n) is 2.34. The summed E-state index contributed by atoms with van der Waals surface area (Å²) in [5.74, 6) is -0.167. The first kappa shape index (κ1) is 10.4. The van der Waals surface area contributed by atoms with Gasteiger partial charge >= 0.3 is 0 Å². The number of hydrogen-bond acceptors (Lipinski definition) is 4. The Bertz CT molecular complexity index is 297. The SMILES string of the molecule is CCOC(N)C(=O)c1occc1Br. The first-order valence-corrected chi connectivity index (χ1v) is 4.60. The number of ketones is 1. The normalized spacial score (nSPS) is 12.8. The number of carbonyl (C=O) groups excluding carboxylic acids is 1. The molecule has 0 aliphatic rings. The molecule has 2 N–H and O–H groups in total. The summed E-state index contributed by atoms with van der Waals surface area (Å²) in [6, 6.07) is 1.63. The highest BCUT2D eigenvalue weighted by Gasteiger charge is 2.21. The molecule has 13 heavy (non-hydrogen) atoms. The molecule has 0 radical (unpaired) electrons. The van der Waals surface area contributed by atoms with E-state index in [1.165, 1.54) is 6.26 Å². The van der Waals surface area contributed by atoms with Crippen molar-refractivity contribution in [3.63, 3.8) is 0 Å². The summed E-state index contributed by atoms with van der Waals surface area (Å²) >= 11 is 3.16. The van der Waals surface area contributed by atoms with Gasteiger partial charge in [-0.3, -0.25) is 10.5 Å². The van der Waals surface area contributed by atoms with Crippen molar-refractivity contribution in [2.24, 2.45) is 5.73 Å². The van der Waals surface area contributed by atoms with E-state index in [2.05, 4.69) is 15.9 Å². The van der Waals surface area contributed by atoms with Crippen LogP contribution in [0.1, 0.15) is 17.5 Å². The van der Waals surface area contributed by atoms with Crippen molar-refractivity contribution in [1.29, 1.82) is 0 Å². The molecule has 1 aromatic rings. The first-order valence-electron chi connectivity index (χ1n) is 3.81. The molecule has 1 unspecified atom stereocenters. The Kier molecular flexibility index (Phi) is 3.65. The summed E-state index contributed by atoms with van der Waals surface area (Å²) in [6.07, 6.45) is 0.461. The van der Waals surface area contributed by atoms with Gasteiger partial charge in [0.25, 0.3) is 0 Å². The zero-order valence-electron chi connectivity index (χ0n) is 7.12. The molecule has 0 fully saturated rings. The van der Waals surface area contributed by atoms with Gasteiger partial charge in [0.2, 0.25) is 5.78 Å². The Morgan fingerprint density at radius 3 is 3.00 bits per heavy atom. The van der Waals surface area contributed by atoms with Crippen LogP contribution < -0.4 is 5.73 Å². The van der Waals surface area contributed by atoms with Crippen LogP contribution in [-0.4, -0.2) is 18.6 Å². The average molecular weight is 248 g/mol. The number of nitrogens with two attached hydrogens (primary N) is 1. The predicted octanol–water partition coefficient (Wildman–Crippen LogP) is 1.55. The van der Waals surface area contributed by atoms with Gasteiger partial charge in [-0.15, -0.1) is 0 Å². The smallest absolute Gasteiger partial charge is 0.242 e. The molecule has 1 atom stereocenters. The molecule has 1 aromatic heterocycles. The number of furan rings is 1. The Labute approximate surface area is 84.2 Å². The first-order chi connectivity index (χ1) is 6.16. The molecule has 0 saturated heterocycles. The van der Waals surface area contributed by atoms with Crippen molar-refractivity contribution in [2.45, 2.75) is 13.2 Å². The van der Waals surface area contributed by atoms with E-state index < -0.39 is 6.23 Å². The third-order valence-electron chi connectivity index (χ3n) is 1.45. The van der Waals surface area contributed by atoms with Crippen LogP contribution in [0.25, 0.3) is 0 Å². The van der Waals surface area contributed by atoms with Crippen LogP contribution >= 0.6 is 15.9 Å². The van der Waals surface area contributed by atoms with Crippen molar-refractivity contribution < 1.29 is 13.9 Å². The van der Waals surface area contributed by atoms with E-state index >= 15 is 0 Å². The maximum absolute atomic E-state index is 11.4. The third-order valence-corrected chi connectivity index (χ3v) is 2.07. The lowest BCUT2D eigenvalue weighted by molar-refractivity contribution is 0.0454. The van der Waals surface area contributed by atoms with Crippen LogP contribution in [0.2, 0.25) is 0 Å². The van der Waals surface area contributed by atoms with Crippen molar-refractivity contribution in [1.82, 2.24) is 0 Å². The van der Waals surface area contributed by atoms with Crippen molar-refractivity contribution in [3.05, 3.63) is 22.6 Å². The number of carbonyl (C=O) groups is 1. The second-order valence-corrected chi connectivity index (χ2v) is 3.19. The monoisotopic (exact) mass is 247 g/mol. The summed E-state index contributed by atoms with van der Waals surface area (Å²) in [6.45, 7) is 2.16.